The predicted octanol–water partition coefficient (Wildman–Crippen LogP) is 5.85. The molecule has 2 saturated carbocycles. The highest BCUT2D eigenvalue weighted by molar-refractivity contribution is 8.00. The summed E-state index contributed by atoms with van der Waals surface area (Å²) in [5, 5.41) is 19.1. The summed E-state index contributed by atoms with van der Waals surface area (Å²) in [6, 6.07) is 10.7. The number of anilines is 1. The van der Waals surface area contributed by atoms with Gasteiger partial charge in [-0.25, -0.2) is 4.79 Å². The minimum atomic E-state index is -0.960. The Labute approximate surface area is 190 Å². The van der Waals surface area contributed by atoms with Gasteiger partial charge in [0.2, 0.25) is 0 Å². The number of rotatable bonds is 8. The van der Waals surface area contributed by atoms with Gasteiger partial charge in [0.15, 0.2) is 0 Å². The maximum absolute atomic E-state index is 11.4. The minimum absolute atomic E-state index is 0.0173. The van der Waals surface area contributed by atoms with Crippen molar-refractivity contribution in [1.29, 1.82) is 5.26 Å². The van der Waals surface area contributed by atoms with E-state index in [2.05, 4.69) is 10.8 Å². The molecule has 0 aromatic heterocycles. The molecule has 2 aliphatic carbocycles. The zero-order valence-electron chi connectivity index (χ0n) is 17.1. The molecule has 2 aromatic carbocycles. The lowest BCUT2D eigenvalue weighted by molar-refractivity contribution is 0.0232. The van der Waals surface area contributed by atoms with Crippen LogP contribution in [0.2, 0.25) is 5.02 Å². The van der Waals surface area contributed by atoms with Crippen molar-refractivity contribution in [3.63, 3.8) is 0 Å². The topological polar surface area (TPSA) is 91.6 Å². The van der Waals surface area contributed by atoms with Crippen LogP contribution in [0.3, 0.4) is 0 Å². The van der Waals surface area contributed by atoms with Gasteiger partial charge >= 0.3 is 5.97 Å². The molecule has 2 N–H and O–H groups in total. The van der Waals surface area contributed by atoms with Crippen LogP contribution < -0.4 is 9.46 Å². The van der Waals surface area contributed by atoms with E-state index in [4.69, 9.17) is 21.1 Å². The monoisotopic (exact) mass is 458 g/mol. The van der Waals surface area contributed by atoms with Crippen LogP contribution in [0.25, 0.3) is 0 Å². The zero-order chi connectivity index (χ0) is 22.0. The fourth-order valence-corrected chi connectivity index (χ4v) is 4.99. The summed E-state index contributed by atoms with van der Waals surface area (Å²) in [5.41, 5.74) is 2.34. The Morgan fingerprint density at radius 3 is 2.68 bits per heavy atom. The lowest BCUT2D eigenvalue weighted by Gasteiger charge is -2.22. The van der Waals surface area contributed by atoms with Gasteiger partial charge in [0.1, 0.15) is 17.9 Å². The lowest BCUT2D eigenvalue weighted by Crippen LogP contribution is -2.27. The Balaban J connectivity index is 1.61. The van der Waals surface area contributed by atoms with E-state index in [1.165, 1.54) is 11.9 Å². The van der Waals surface area contributed by atoms with Crippen molar-refractivity contribution >= 4 is 35.2 Å². The molecule has 2 fully saturated rings. The van der Waals surface area contributed by atoms with Gasteiger partial charge in [-0.05, 0) is 73.7 Å². The molecule has 0 radical (unpaired) electrons. The van der Waals surface area contributed by atoms with Gasteiger partial charge in [0.25, 0.3) is 0 Å². The molecule has 0 bridgehead atoms. The predicted molar refractivity (Wildman–Crippen MR) is 120 cm³/mol. The van der Waals surface area contributed by atoms with Crippen LogP contribution in [0.5, 0.6) is 5.75 Å². The summed E-state index contributed by atoms with van der Waals surface area (Å²) >= 11 is 7.60. The van der Waals surface area contributed by atoms with E-state index in [9.17, 15) is 15.2 Å². The van der Waals surface area contributed by atoms with Gasteiger partial charge in [-0.15, -0.1) is 0 Å². The molecule has 2 unspecified atom stereocenters. The van der Waals surface area contributed by atoms with Gasteiger partial charge in [-0.2, -0.15) is 5.26 Å². The number of nitrogens with zero attached hydrogens (tertiary/aromatic N) is 1. The van der Waals surface area contributed by atoms with E-state index in [0.29, 0.717) is 27.9 Å². The van der Waals surface area contributed by atoms with E-state index >= 15 is 0 Å². The third kappa shape index (κ3) is 4.93. The van der Waals surface area contributed by atoms with Crippen LogP contribution >= 0.6 is 23.5 Å². The SMILES string of the molecule is COC1CCCC1Oc1cc(Cl)c(C#N)cc1NSc1cc(C(=O)O)ccc1C1CC1. The number of carboxylic acids is 1. The molecule has 0 aliphatic heterocycles. The second-order valence-corrected chi connectivity index (χ2v) is 9.09. The lowest BCUT2D eigenvalue weighted by atomic mass is 10.1. The van der Waals surface area contributed by atoms with E-state index in [-0.39, 0.29) is 17.8 Å². The van der Waals surface area contributed by atoms with Crippen molar-refractivity contribution in [2.45, 2.75) is 55.1 Å². The highest BCUT2D eigenvalue weighted by Crippen LogP contribution is 2.45. The van der Waals surface area contributed by atoms with Gasteiger partial charge in [-0.3, -0.25) is 0 Å². The average molecular weight is 459 g/mol. The molecule has 0 spiro atoms. The first kappa shape index (κ1) is 21.8. The average Bonchev–Trinajstić information content (AvgIpc) is 3.51. The second kappa shape index (κ2) is 9.39. The number of ether oxygens (including phenoxy) is 2. The molecule has 0 amide bonds. The van der Waals surface area contributed by atoms with E-state index in [1.807, 2.05) is 6.07 Å². The van der Waals surface area contributed by atoms with E-state index in [0.717, 1.165) is 42.6 Å². The number of hydrogen-bond donors (Lipinski definition) is 2. The Bertz CT molecular complexity index is 1030. The van der Waals surface area contributed by atoms with Crippen molar-refractivity contribution in [3.8, 4) is 11.8 Å². The molecule has 4 rings (SSSR count). The number of benzene rings is 2. The number of carboxylic acid groups (broad SMARTS) is 1. The van der Waals surface area contributed by atoms with Crippen LogP contribution in [-0.2, 0) is 4.74 Å². The summed E-state index contributed by atoms with van der Waals surface area (Å²) < 4.78 is 15.1. The standard InChI is InChI=1S/C23H23ClN2O4S/c1-29-19-3-2-4-20(19)30-21-11-17(24)15(12-25)9-18(21)26-31-22-10-14(23(27)28)7-8-16(22)13-5-6-13/h7-11,13,19-20,26H,2-6H2,1H3,(H,27,28). The molecular weight excluding hydrogens is 436 g/mol. The number of methoxy groups -OCH3 is 1. The number of aromatic carboxylic acids is 1. The Kier molecular flexibility index (Phi) is 6.61. The van der Waals surface area contributed by atoms with Gasteiger partial charge < -0.3 is 19.3 Å². The number of halogens is 1. The van der Waals surface area contributed by atoms with Crippen LogP contribution in [0.1, 0.15) is 59.5 Å². The molecule has 2 atom stereocenters. The molecular formula is C23H23ClN2O4S. The van der Waals surface area contributed by atoms with Crippen molar-refractivity contribution in [1.82, 2.24) is 0 Å². The normalized spacial score (nSPS) is 20.3. The fourth-order valence-electron chi connectivity index (χ4n) is 3.87. The number of carbonyl (C=O) groups is 1. The molecule has 0 saturated heterocycles. The van der Waals surface area contributed by atoms with Crippen molar-refractivity contribution in [2.75, 3.05) is 11.8 Å². The van der Waals surface area contributed by atoms with E-state index < -0.39 is 5.97 Å². The first-order valence-corrected chi connectivity index (χ1v) is 11.4. The maximum atomic E-state index is 11.4. The largest absolute Gasteiger partial charge is 0.485 e. The third-order valence-electron chi connectivity index (χ3n) is 5.71. The van der Waals surface area contributed by atoms with Crippen LogP contribution in [-0.4, -0.2) is 30.4 Å². The van der Waals surface area contributed by atoms with Gasteiger partial charge in [0.05, 0.1) is 27.9 Å². The zero-order valence-corrected chi connectivity index (χ0v) is 18.6. The Morgan fingerprint density at radius 2 is 2.00 bits per heavy atom. The van der Waals surface area contributed by atoms with Crippen LogP contribution in [0.4, 0.5) is 5.69 Å². The van der Waals surface area contributed by atoms with Crippen LogP contribution in [0, 0.1) is 11.3 Å². The third-order valence-corrected chi connectivity index (χ3v) is 6.92. The smallest absolute Gasteiger partial charge is 0.335 e. The van der Waals surface area contributed by atoms with Gasteiger partial charge in [0, 0.05) is 18.1 Å². The first-order valence-electron chi connectivity index (χ1n) is 10.2. The highest BCUT2D eigenvalue weighted by atomic mass is 35.5. The number of nitrogens with one attached hydrogen (secondary N) is 1. The number of hydrogen-bond acceptors (Lipinski definition) is 6. The summed E-state index contributed by atoms with van der Waals surface area (Å²) in [4.78, 5) is 12.3. The summed E-state index contributed by atoms with van der Waals surface area (Å²) in [6.07, 6.45) is 4.99. The van der Waals surface area contributed by atoms with Gasteiger partial charge in [-0.1, -0.05) is 17.7 Å². The minimum Gasteiger partial charge on any atom is -0.485 e. The van der Waals surface area contributed by atoms with E-state index in [1.54, 1.807) is 31.4 Å². The van der Waals surface area contributed by atoms with Crippen LogP contribution in [0.15, 0.2) is 35.2 Å². The highest BCUT2D eigenvalue weighted by Gasteiger charge is 2.30. The van der Waals surface area contributed by atoms with Crippen molar-refractivity contribution in [3.05, 3.63) is 52.0 Å². The molecule has 6 nitrogen and oxygen atoms in total. The fraction of sp³-hybridized carbons (Fsp3) is 0.391. The Hall–Kier alpha value is -2.40. The summed E-state index contributed by atoms with van der Waals surface area (Å²) in [7, 11) is 1.68. The molecule has 8 heteroatoms. The molecule has 2 aliphatic rings. The summed E-state index contributed by atoms with van der Waals surface area (Å²) in [5.74, 6) is 0.0508. The first-order chi connectivity index (χ1) is 15.0. The maximum Gasteiger partial charge on any atom is 0.335 e. The molecule has 0 heterocycles. The molecule has 31 heavy (non-hydrogen) atoms. The van der Waals surface area contributed by atoms with Crippen molar-refractivity contribution in [2.24, 2.45) is 0 Å². The second-order valence-electron chi connectivity index (χ2n) is 7.84. The quantitative estimate of drug-likeness (QED) is 0.479. The molecule has 2 aromatic rings. The summed E-state index contributed by atoms with van der Waals surface area (Å²) in [6.45, 7) is 0. The van der Waals surface area contributed by atoms with Crippen molar-refractivity contribution < 1.29 is 19.4 Å². The number of nitriles is 1. The molecule has 162 valence electrons. The Morgan fingerprint density at radius 1 is 1.23 bits per heavy atom.